The summed E-state index contributed by atoms with van der Waals surface area (Å²) in [5.41, 5.74) is -0.547. The van der Waals surface area contributed by atoms with Crippen LogP contribution in [0.1, 0.15) is 23.7 Å². The highest BCUT2D eigenvalue weighted by Crippen LogP contribution is 2.18. The fourth-order valence-electron chi connectivity index (χ4n) is 1.54. The van der Waals surface area contributed by atoms with Gasteiger partial charge in [0, 0.05) is 7.11 Å². The Balaban J connectivity index is 2.90. The second-order valence-electron chi connectivity index (χ2n) is 4.15. The van der Waals surface area contributed by atoms with E-state index in [0.717, 1.165) is 18.2 Å². The molecule has 0 amide bonds. The molecule has 0 aromatic heterocycles. The first-order chi connectivity index (χ1) is 9.29. The van der Waals surface area contributed by atoms with Gasteiger partial charge in [0.1, 0.15) is 5.82 Å². The predicted octanol–water partition coefficient (Wildman–Crippen LogP) is 1.69. The summed E-state index contributed by atoms with van der Waals surface area (Å²) in [5.74, 6) is -2.54. The van der Waals surface area contributed by atoms with Gasteiger partial charge in [0.2, 0.25) is 10.0 Å². The molecule has 2 N–H and O–H groups in total. The zero-order valence-electron chi connectivity index (χ0n) is 11.1. The fraction of sp³-hybridized carbons (Fsp3) is 0.417. The number of methoxy groups -OCH3 is 1. The first kappa shape index (κ1) is 16.4. The Labute approximate surface area is 116 Å². The number of nitrogens with one attached hydrogen (secondary N) is 1. The Morgan fingerprint density at radius 2 is 2.15 bits per heavy atom. The first-order valence-electron chi connectivity index (χ1n) is 5.85. The molecule has 1 aromatic carbocycles. The van der Waals surface area contributed by atoms with Gasteiger partial charge in [0.15, 0.2) is 0 Å². The van der Waals surface area contributed by atoms with Crippen LogP contribution in [0.5, 0.6) is 0 Å². The summed E-state index contributed by atoms with van der Waals surface area (Å²) in [6, 6.07) is 2.95. The minimum absolute atomic E-state index is 0.256. The third-order valence-corrected chi connectivity index (χ3v) is 4.02. The number of sulfonamides is 1. The van der Waals surface area contributed by atoms with Crippen molar-refractivity contribution in [1.82, 2.24) is 0 Å². The first-order valence-corrected chi connectivity index (χ1v) is 7.50. The maximum Gasteiger partial charge on any atom is 0.335 e. The molecule has 0 heterocycles. The third-order valence-electron chi connectivity index (χ3n) is 2.68. The summed E-state index contributed by atoms with van der Waals surface area (Å²) in [5, 5.41) is 8.69. The minimum Gasteiger partial charge on any atom is -0.478 e. The molecule has 8 heteroatoms. The lowest BCUT2D eigenvalue weighted by molar-refractivity contribution is 0.0696. The number of ether oxygens (including phenoxy) is 1. The van der Waals surface area contributed by atoms with Gasteiger partial charge in [0.25, 0.3) is 0 Å². The van der Waals surface area contributed by atoms with E-state index in [-0.39, 0.29) is 17.0 Å². The number of halogens is 1. The highest BCUT2D eigenvalue weighted by Gasteiger charge is 2.19. The van der Waals surface area contributed by atoms with Crippen molar-refractivity contribution in [1.29, 1.82) is 0 Å². The van der Waals surface area contributed by atoms with Gasteiger partial charge in [0.05, 0.1) is 23.1 Å². The fourth-order valence-corrected chi connectivity index (χ4v) is 2.98. The maximum absolute atomic E-state index is 13.6. The summed E-state index contributed by atoms with van der Waals surface area (Å²) < 4.78 is 44.3. The lowest BCUT2D eigenvalue weighted by Gasteiger charge is -2.15. The van der Waals surface area contributed by atoms with Crippen molar-refractivity contribution in [2.75, 3.05) is 17.6 Å². The van der Waals surface area contributed by atoms with E-state index >= 15 is 0 Å². The monoisotopic (exact) mass is 305 g/mol. The second-order valence-corrected chi connectivity index (χ2v) is 5.92. The molecule has 1 atom stereocenters. The molecule has 0 aliphatic heterocycles. The van der Waals surface area contributed by atoms with Gasteiger partial charge in [-0.2, -0.15) is 0 Å². The quantitative estimate of drug-likeness (QED) is 0.799. The molecular weight excluding hydrogens is 289 g/mol. The van der Waals surface area contributed by atoms with Gasteiger partial charge in [-0.05, 0) is 24.6 Å². The van der Waals surface area contributed by atoms with Crippen LogP contribution in [0.2, 0.25) is 0 Å². The van der Waals surface area contributed by atoms with Gasteiger partial charge in [-0.3, -0.25) is 4.72 Å². The summed E-state index contributed by atoms with van der Waals surface area (Å²) >= 11 is 0. The Morgan fingerprint density at radius 1 is 1.50 bits per heavy atom. The molecule has 1 rings (SSSR count). The molecule has 0 bridgehead atoms. The van der Waals surface area contributed by atoms with Gasteiger partial charge >= 0.3 is 5.97 Å². The van der Waals surface area contributed by atoms with Crippen LogP contribution < -0.4 is 4.72 Å². The van der Waals surface area contributed by atoms with E-state index < -0.39 is 27.9 Å². The lowest BCUT2D eigenvalue weighted by atomic mass is 10.2. The Morgan fingerprint density at radius 3 is 2.60 bits per heavy atom. The Kier molecular flexibility index (Phi) is 5.46. The topological polar surface area (TPSA) is 92.7 Å². The number of aromatic carboxylic acids is 1. The molecule has 0 spiro atoms. The van der Waals surface area contributed by atoms with Crippen LogP contribution in [-0.2, 0) is 14.8 Å². The average Bonchev–Trinajstić information content (AvgIpc) is 2.38. The van der Waals surface area contributed by atoms with Crippen molar-refractivity contribution in [3.05, 3.63) is 29.6 Å². The molecule has 1 aromatic rings. The number of rotatable bonds is 7. The van der Waals surface area contributed by atoms with E-state index in [1.165, 1.54) is 7.11 Å². The van der Waals surface area contributed by atoms with Crippen LogP contribution in [-0.4, -0.2) is 38.5 Å². The van der Waals surface area contributed by atoms with Gasteiger partial charge in [-0.25, -0.2) is 17.6 Å². The van der Waals surface area contributed by atoms with E-state index in [9.17, 15) is 17.6 Å². The van der Waals surface area contributed by atoms with Crippen LogP contribution in [0, 0.1) is 5.82 Å². The Hall–Kier alpha value is -1.67. The van der Waals surface area contributed by atoms with E-state index in [4.69, 9.17) is 9.84 Å². The largest absolute Gasteiger partial charge is 0.478 e. The molecule has 112 valence electrons. The molecule has 20 heavy (non-hydrogen) atoms. The number of carboxylic acid groups (broad SMARTS) is 1. The molecule has 1 unspecified atom stereocenters. The van der Waals surface area contributed by atoms with Crippen molar-refractivity contribution in [2.45, 2.75) is 19.4 Å². The van der Waals surface area contributed by atoms with Crippen LogP contribution in [0.3, 0.4) is 0 Å². The van der Waals surface area contributed by atoms with Crippen molar-refractivity contribution >= 4 is 21.7 Å². The number of benzene rings is 1. The minimum atomic E-state index is -3.78. The summed E-state index contributed by atoms with van der Waals surface area (Å²) in [6.07, 6.45) is 0.00606. The molecule has 6 nitrogen and oxygen atoms in total. The molecule has 0 radical (unpaired) electrons. The summed E-state index contributed by atoms with van der Waals surface area (Å²) in [6.45, 7) is 1.77. The van der Waals surface area contributed by atoms with E-state index in [1.54, 1.807) is 6.92 Å². The van der Waals surface area contributed by atoms with E-state index in [2.05, 4.69) is 4.72 Å². The molecule has 0 saturated carbocycles. The van der Waals surface area contributed by atoms with Crippen molar-refractivity contribution in [3.63, 3.8) is 0 Å². The predicted molar refractivity (Wildman–Crippen MR) is 71.9 cm³/mol. The molecule has 0 aliphatic carbocycles. The van der Waals surface area contributed by atoms with Crippen LogP contribution in [0.25, 0.3) is 0 Å². The normalized spacial score (nSPS) is 12.9. The van der Waals surface area contributed by atoms with Gasteiger partial charge in [-0.15, -0.1) is 0 Å². The lowest BCUT2D eigenvalue weighted by Crippen LogP contribution is -2.27. The molecule has 0 saturated heterocycles. The number of carbonyl (C=O) groups is 1. The number of anilines is 1. The van der Waals surface area contributed by atoms with E-state index in [0.29, 0.717) is 6.42 Å². The number of carboxylic acids is 1. The van der Waals surface area contributed by atoms with Crippen molar-refractivity contribution < 1.29 is 27.4 Å². The van der Waals surface area contributed by atoms with Crippen LogP contribution >= 0.6 is 0 Å². The van der Waals surface area contributed by atoms with Crippen molar-refractivity contribution in [3.8, 4) is 0 Å². The second kappa shape index (κ2) is 6.67. The number of hydrogen-bond donors (Lipinski definition) is 2. The SMILES string of the molecule is CCC(CS(=O)(=O)Nc1ccc(C(=O)O)cc1F)OC. The van der Waals surface area contributed by atoms with Gasteiger partial charge < -0.3 is 9.84 Å². The summed E-state index contributed by atoms with van der Waals surface area (Å²) in [4.78, 5) is 10.7. The van der Waals surface area contributed by atoms with Crippen molar-refractivity contribution in [2.24, 2.45) is 0 Å². The zero-order valence-corrected chi connectivity index (χ0v) is 11.9. The van der Waals surface area contributed by atoms with E-state index in [1.807, 2.05) is 0 Å². The highest BCUT2D eigenvalue weighted by atomic mass is 32.2. The maximum atomic E-state index is 13.6. The third kappa shape index (κ3) is 4.46. The average molecular weight is 305 g/mol. The smallest absolute Gasteiger partial charge is 0.335 e. The zero-order chi connectivity index (χ0) is 15.3. The number of hydrogen-bond acceptors (Lipinski definition) is 4. The van der Waals surface area contributed by atoms with Crippen LogP contribution in [0.4, 0.5) is 10.1 Å². The molecule has 0 aliphatic rings. The summed E-state index contributed by atoms with van der Waals surface area (Å²) in [7, 11) is -2.38. The standard InChI is InChI=1S/C12H16FNO5S/c1-3-9(19-2)7-20(17,18)14-11-5-4-8(12(15)16)6-10(11)13/h4-6,9,14H,3,7H2,1-2H3,(H,15,16). The molecule has 0 fully saturated rings. The van der Waals surface area contributed by atoms with Gasteiger partial charge in [-0.1, -0.05) is 6.92 Å². The Bertz CT molecular complexity index is 584. The molecular formula is C12H16FNO5S. The highest BCUT2D eigenvalue weighted by molar-refractivity contribution is 7.92. The van der Waals surface area contributed by atoms with Crippen LogP contribution in [0.15, 0.2) is 18.2 Å².